The Kier molecular flexibility index (Phi) is 9.72. The minimum Gasteiger partial charge on any atom is -0.489 e. The molecule has 3 heterocycles. The monoisotopic (exact) mass is 555 g/mol. The molecule has 10 nitrogen and oxygen atoms in total. The summed E-state index contributed by atoms with van der Waals surface area (Å²) in [4.78, 5) is 24.2. The van der Waals surface area contributed by atoms with Crippen LogP contribution in [-0.4, -0.2) is 51.2 Å². The van der Waals surface area contributed by atoms with Crippen molar-refractivity contribution in [1.82, 2.24) is 9.97 Å². The lowest BCUT2D eigenvalue weighted by Gasteiger charge is -2.36. The number of aromatic nitrogens is 2. The van der Waals surface area contributed by atoms with Gasteiger partial charge in [0.1, 0.15) is 34.7 Å². The van der Waals surface area contributed by atoms with Crippen LogP contribution in [0.4, 0.5) is 16.4 Å². The lowest BCUT2D eigenvalue weighted by Crippen LogP contribution is -2.41. The second-order valence-corrected chi connectivity index (χ2v) is 16.2. The SMILES string of the molecule is COC(OC)c1nc2c(cc1CO[Si](C)(C)C(C)(C)C)CCCN2C(=O)Nc1cc(OC(C)C)c(C#N)cn1. The standard InChI is InChI=1S/C28H41N5O5Si/c1-18(2)38-22-14-23(30-16-21(22)15-29)31-27(34)33-12-10-11-19-13-20(17-37-39(8,9)28(3,4)5)24(32-25(19)33)26(35-6)36-7/h13-14,16,18,26H,10-12,17H2,1-9H3,(H,30,31,34). The van der Waals surface area contributed by atoms with Gasteiger partial charge in [-0.25, -0.2) is 14.8 Å². The van der Waals surface area contributed by atoms with E-state index in [9.17, 15) is 10.1 Å². The first-order valence-corrected chi connectivity index (χ1v) is 16.1. The van der Waals surface area contributed by atoms with Crippen LogP contribution in [0.5, 0.6) is 5.75 Å². The van der Waals surface area contributed by atoms with Gasteiger partial charge in [0.25, 0.3) is 0 Å². The maximum Gasteiger partial charge on any atom is 0.328 e. The fourth-order valence-electron chi connectivity index (χ4n) is 3.99. The van der Waals surface area contributed by atoms with E-state index in [2.05, 4.69) is 56.3 Å². The molecule has 2 amide bonds. The van der Waals surface area contributed by atoms with Crippen molar-refractivity contribution in [3.63, 3.8) is 0 Å². The molecule has 0 bridgehead atoms. The predicted octanol–water partition coefficient (Wildman–Crippen LogP) is 5.93. The molecule has 0 aliphatic carbocycles. The van der Waals surface area contributed by atoms with E-state index < -0.39 is 14.6 Å². The third-order valence-corrected chi connectivity index (χ3v) is 11.6. The second kappa shape index (κ2) is 12.4. The Morgan fingerprint density at radius 2 is 1.92 bits per heavy atom. The number of rotatable bonds is 9. The maximum atomic E-state index is 13.4. The number of ether oxygens (including phenoxy) is 3. The van der Waals surface area contributed by atoms with E-state index in [1.807, 2.05) is 13.8 Å². The molecule has 2 aromatic rings. The van der Waals surface area contributed by atoms with Crippen LogP contribution in [0.3, 0.4) is 0 Å². The quantitative estimate of drug-likeness (QED) is 0.299. The number of fused-ring (bicyclic) bond motifs is 1. The zero-order valence-electron chi connectivity index (χ0n) is 24.5. The zero-order valence-corrected chi connectivity index (χ0v) is 25.5. The van der Waals surface area contributed by atoms with Gasteiger partial charge in [-0.15, -0.1) is 0 Å². The Labute approximate surface area is 232 Å². The van der Waals surface area contributed by atoms with E-state index in [0.717, 1.165) is 24.0 Å². The molecule has 1 aliphatic heterocycles. The molecule has 212 valence electrons. The molecule has 1 N–H and O–H groups in total. The van der Waals surface area contributed by atoms with E-state index in [0.29, 0.717) is 36.0 Å². The van der Waals surface area contributed by atoms with E-state index in [1.54, 1.807) is 25.2 Å². The van der Waals surface area contributed by atoms with Crippen LogP contribution >= 0.6 is 0 Å². The lowest BCUT2D eigenvalue weighted by molar-refractivity contribution is -0.109. The van der Waals surface area contributed by atoms with Crippen molar-refractivity contribution in [3.05, 3.63) is 40.7 Å². The van der Waals surface area contributed by atoms with Crippen molar-refractivity contribution in [2.45, 2.75) is 84.6 Å². The van der Waals surface area contributed by atoms with Crippen molar-refractivity contribution in [2.24, 2.45) is 0 Å². The fourth-order valence-corrected chi connectivity index (χ4v) is 4.94. The van der Waals surface area contributed by atoms with Crippen molar-refractivity contribution < 1.29 is 23.4 Å². The molecule has 0 atom stereocenters. The summed E-state index contributed by atoms with van der Waals surface area (Å²) >= 11 is 0. The van der Waals surface area contributed by atoms with Gasteiger partial charge in [-0.2, -0.15) is 5.26 Å². The number of hydrogen-bond donors (Lipinski definition) is 1. The minimum atomic E-state index is -2.02. The average Bonchev–Trinajstić information content (AvgIpc) is 2.87. The van der Waals surface area contributed by atoms with E-state index in [1.165, 1.54) is 6.20 Å². The minimum absolute atomic E-state index is 0.0607. The molecule has 1 aliphatic rings. The lowest BCUT2D eigenvalue weighted by atomic mass is 10.0. The molecule has 0 unspecified atom stereocenters. The van der Waals surface area contributed by atoms with Crippen LogP contribution in [-0.2, 0) is 26.9 Å². The highest BCUT2D eigenvalue weighted by molar-refractivity contribution is 6.74. The highest BCUT2D eigenvalue weighted by Crippen LogP contribution is 2.38. The molecule has 3 rings (SSSR count). The summed E-state index contributed by atoms with van der Waals surface area (Å²) < 4.78 is 23.4. The van der Waals surface area contributed by atoms with E-state index in [4.69, 9.17) is 23.6 Å². The van der Waals surface area contributed by atoms with Crippen LogP contribution in [0.25, 0.3) is 0 Å². The number of nitrogens with one attached hydrogen (secondary N) is 1. The third-order valence-electron chi connectivity index (χ3n) is 7.15. The Bertz CT molecular complexity index is 1220. The Hall–Kier alpha value is -3.04. The molecule has 2 aromatic heterocycles. The zero-order chi connectivity index (χ0) is 29.0. The highest BCUT2D eigenvalue weighted by Gasteiger charge is 2.38. The number of carbonyl (C=O) groups excluding carboxylic acids is 1. The number of pyridine rings is 2. The summed E-state index contributed by atoms with van der Waals surface area (Å²) in [5.41, 5.74) is 2.73. The van der Waals surface area contributed by atoms with Crippen molar-refractivity contribution in [2.75, 3.05) is 31.0 Å². The Morgan fingerprint density at radius 3 is 2.51 bits per heavy atom. The first-order valence-electron chi connectivity index (χ1n) is 13.2. The van der Waals surface area contributed by atoms with Crippen LogP contribution in [0.1, 0.15) is 69.7 Å². The fraction of sp³-hybridized carbons (Fsp3) is 0.571. The van der Waals surface area contributed by atoms with Gasteiger partial charge in [0.2, 0.25) is 6.29 Å². The van der Waals surface area contributed by atoms with Gasteiger partial charge < -0.3 is 18.6 Å². The largest absolute Gasteiger partial charge is 0.489 e. The topological polar surface area (TPSA) is 119 Å². The normalized spacial score (nSPS) is 13.8. The molecule has 0 spiro atoms. The number of aryl methyl sites for hydroxylation is 1. The van der Waals surface area contributed by atoms with Crippen molar-refractivity contribution >= 4 is 26.0 Å². The van der Waals surface area contributed by atoms with Crippen LogP contribution in [0.2, 0.25) is 18.1 Å². The molecular formula is C28H41N5O5Si. The molecule has 39 heavy (non-hydrogen) atoms. The summed E-state index contributed by atoms with van der Waals surface area (Å²) in [5.74, 6) is 1.20. The number of urea groups is 1. The highest BCUT2D eigenvalue weighted by atomic mass is 28.4. The number of nitriles is 1. The number of carbonyl (C=O) groups is 1. The van der Waals surface area contributed by atoms with Gasteiger partial charge in [-0.05, 0) is 56.5 Å². The summed E-state index contributed by atoms with van der Waals surface area (Å²) in [6.07, 6.45) is 2.11. The molecule has 11 heteroatoms. The first kappa shape index (κ1) is 30.5. The number of nitrogens with zero attached hydrogens (tertiary/aromatic N) is 4. The van der Waals surface area contributed by atoms with Crippen LogP contribution < -0.4 is 15.0 Å². The van der Waals surface area contributed by atoms with Gasteiger partial charge in [0.15, 0.2) is 8.32 Å². The summed E-state index contributed by atoms with van der Waals surface area (Å²) in [7, 11) is 1.10. The first-order chi connectivity index (χ1) is 18.3. The van der Waals surface area contributed by atoms with Crippen LogP contribution in [0.15, 0.2) is 18.3 Å². The molecule has 0 radical (unpaired) electrons. The van der Waals surface area contributed by atoms with Gasteiger partial charge in [-0.3, -0.25) is 10.2 Å². The molecule has 0 saturated carbocycles. The van der Waals surface area contributed by atoms with Gasteiger partial charge in [0.05, 0.1) is 18.9 Å². The Morgan fingerprint density at radius 1 is 1.23 bits per heavy atom. The van der Waals surface area contributed by atoms with Gasteiger partial charge in [-0.1, -0.05) is 20.8 Å². The van der Waals surface area contributed by atoms with Gasteiger partial charge >= 0.3 is 6.03 Å². The van der Waals surface area contributed by atoms with Crippen molar-refractivity contribution in [1.29, 1.82) is 5.26 Å². The third kappa shape index (κ3) is 7.13. The van der Waals surface area contributed by atoms with E-state index >= 15 is 0 Å². The number of hydrogen-bond acceptors (Lipinski definition) is 8. The number of anilines is 2. The van der Waals surface area contributed by atoms with Crippen LogP contribution in [0, 0.1) is 11.3 Å². The number of methoxy groups -OCH3 is 2. The van der Waals surface area contributed by atoms with Gasteiger partial charge in [0, 0.05) is 32.4 Å². The van der Waals surface area contributed by atoms with Crippen molar-refractivity contribution in [3.8, 4) is 11.8 Å². The average molecular weight is 556 g/mol. The molecule has 0 fully saturated rings. The predicted molar refractivity (Wildman–Crippen MR) is 152 cm³/mol. The second-order valence-electron chi connectivity index (χ2n) is 11.4. The smallest absolute Gasteiger partial charge is 0.328 e. The molecule has 0 aromatic carbocycles. The maximum absolute atomic E-state index is 13.4. The number of amides is 2. The summed E-state index contributed by atoms with van der Waals surface area (Å²) in [6, 6.07) is 5.31. The Balaban J connectivity index is 1.94. The summed E-state index contributed by atoms with van der Waals surface area (Å²) in [5, 5.41) is 12.3. The van der Waals surface area contributed by atoms with E-state index in [-0.39, 0.29) is 23.0 Å². The molecule has 0 saturated heterocycles. The summed E-state index contributed by atoms with van der Waals surface area (Å²) in [6.45, 7) is 15.6. The molecular weight excluding hydrogens is 514 g/mol.